The summed E-state index contributed by atoms with van der Waals surface area (Å²) in [5.74, 6) is 2.34. The maximum Gasteiger partial charge on any atom is 0.205 e. The van der Waals surface area contributed by atoms with E-state index in [1.165, 1.54) is 38.8 Å². The second-order valence-corrected chi connectivity index (χ2v) is 8.13. The topological polar surface area (TPSA) is 39.4 Å². The van der Waals surface area contributed by atoms with Crippen molar-refractivity contribution in [2.45, 2.75) is 72.3 Å². The van der Waals surface area contributed by atoms with Gasteiger partial charge in [0.2, 0.25) is 6.19 Å². The molecular formula is C21H35N3. The molecule has 0 amide bonds. The van der Waals surface area contributed by atoms with Gasteiger partial charge in [-0.15, -0.1) is 0 Å². The van der Waals surface area contributed by atoms with Crippen LogP contribution in [-0.2, 0) is 0 Å². The summed E-state index contributed by atoms with van der Waals surface area (Å²) in [5.41, 5.74) is 1.16. The molecule has 0 aromatic carbocycles. The maximum atomic E-state index is 9.10. The molecule has 0 bridgehead atoms. The van der Waals surface area contributed by atoms with Gasteiger partial charge < -0.3 is 4.90 Å². The Labute approximate surface area is 148 Å². The molecule has 0 saturated carbocycles. The molecule has 3 heteroatoms. The Kier molecular flexibility index (Phi) is 7.49. The van der Waals surface area contributed by atoms with E-state index in [1.54, 1.807) is 0 Å². The van der Waals surface area contributed by atoms with Gasteiger partial charge in [-0.1, -0.05) is 32.9 Å². The van der Waals surface area contributed by atoms with Gasteiger partial charge in [0.1, 0.15) is 0 Å². The molecule has 0 aromatic heterocycles. The first-order valence-corrected chi connectivity index (χ1v) is 9.94. The van der Waals surface area contributed by atoms with E-state index in [9.17, 15) is 0 Å². The van der Waals surface area contributed by atoms with Crippen molar-refractivity contribution >= 4 is 5.71 Å². The third kappa shape index (κ3) is 4.93. The molecule has 24 heavy (non-hydrogen) atoms. The van der Waals surface area contributed by atoms with Crippen LogP contribution in [0.1, 0.15) is 66.2 Å². The minimum Gasteiger partial charge on any atom is -0.301 e. The Balaban J connectivity index is 1.93. The summed E-state index contributed by atoms with van der Waals surface area (Å²) in [5, 5.41) is 9.10. The lowest BCUT2D eigenvalue weighted by Gasteiger charge is -2.40. The number of allylic oxidation sites excluding steroid dienone is 2. The zero-order valence-electron chi connectivity index (χ0n) is 16.0. The third-order valence-electron chi connectivity index (χ3n) is 6.06. The molecule has 0 radical (unpaired) electrons. The summed E-state index contributed by atoms with van der Waals surface area (Å²) in [6.45, 7) is 11.6. The predicted octanol–water partition coefficient (Wildman–Crippen LogP) is 5.05. The number of nitriles is 1. The Morgan fingerprint density at radius 1 is 1.25 bits per heavy atom. The molecule has 1 heterocycles. The van der Waals surface area contributed by atoms with Crippen LogP contribution < -0.4 is 0 Å². The summed E-state index contributed by atoms with van der Waals surface area (Å²) in [7, 11) is 0. The average molecular weight is 330 g/mol. The highest BCUT2D eigenvalue weighted by Crippen LogP contribution is 2.35. The van der Waals surface area contributed by atoms with E-state index in [4.69, 9.17) is 5.26 Å². The molecule has 1 saturated heterocycles. The molecule has 0 aromatic rings. The van der Waals surface area contributed by atoms with Gasteiger partial charge in [0, 0.05) is 23.6 Å². The van der Waals surface area contributed by atoms with Crippen LogP contribution in [0.4, 0.5) is 0 Å². The molecule has 2 aliphatic rings. The fourth-order valence-corrected chi connectivity index (χ4v) is 4.36. The van der Waals surface area contributed by atoms with Gasteiger partial charge in [0.05, 0.1) is 0 Å². The molecular weight excluding hydrogens is 294 g/mol. The molecule has 134 valence electrons. The van der Waals surface area contributed by atoms with Crippen molar-refractivity contribution in [1.29, 1.82) is 5.26 Å². The Hall–Kier alpha value is -1.14. The first kappa shape index (κ1) is 19.2. The number of hydrogen-bond acceptors (Lipinski definition) is 3. The lowest BCUT2D eigenvalue weighted by atomic mass is 9.73. The zero-order valence-corrected chi connectivity index (χ0v) is 16.0. The molecule has 3 atom stereocenters. The first-order valence-electron chi connectivity index (χ1n) is 9.94. The van der Waals surface area contributed by atoms with Crippen molar-refractivity contribution in [2.75, 3.05) is 13.1 Å². The van der Waals surface area contributed by atoms with Crippen LogP contribution >= 0.6 is 0 Å². The second-order valence-electron chi connectivity index (χ2n) is 8.13. The van der Waals surface area contributed by atoms with Gasteiger partial charge >= 0.3 is 0 Å². The van der Waals surface area contributed by atoms with Gasteiger partial charge in [0.15, 0.2) is 0 Å². The van der Waals surface area contributed by atoms with Crippen molar-refractivity contribution in [2.24, 2.45) is 28.7 Å². The van der Waals surface area contributed by atoms with Crippen LogP contribution in [0.2, 0.25) is 0 Å². The minimum atomic E-state index is 0.400. The van der Waals surface area contributed by atoms with Gasteiger partial charge in [-0.2, -0.15) is 10.3 Å². The van der Waals surface area contributed by atoms with Crippen molar-refractivity contribution < 1.29 is 0 Å². The van der Waals surface area contributed by atoms with E-state index in [2.05, 4.69) is 55.9 Å². The van der Waals surface area contributed by atoms with E-state index in [0.717, 1.165) is 24.5 Å². The van der Waals surface area contributed by atoms with Crippen molar-refractivity contribution in [1.82, 2.24) is 4.90 Å². The highest BCUT2D eigenvalue weighted by atomic mass is 15.2. The SMILES string of the molecule is CCC1CC=CC(C2CCN(C(C)CCC(C)C)CC2)C1=NC#N. The van der Waals surface area contributed by atoms with Gasteiger partial charge in [-0.25, -0.2) is 0 Å². The van der Waals surface area contributed by atoms with E-state index >= 15 is 0 Å². The van der Waals surface area contributed by atoms with E-state index in [-0.39, 0.29) is 0 Å². The fraction of sp³-hybridized carbons (Fsp3) is 0.810. The highest BCUT2D eigenvalue weighted by molar-refractivity contribution is 5.92. The summed E-state index contributed by atoms with van der Waals surface area (Å²) in [6, 6.07) is 0.700. The molecule has 0 spiro atoms. The molecule has 0 N–H and O–H groups in total. The summed E-state index contributed by atoms with van der Waals surface area (Å²) in [6.07, 6.45) is 14.0. The summed E-state index contributed by atoms with van der Waals surface area (Å²) < 4.78 is 0. The predicted molar refractivity (Wildman–Crippen MR) is 102 cm³/mol. The number of rotatable bonds is 6. The monoisotopic (exact) mass is 329 g/mol. The van der Waals surface area contributed by atoms with Crippen LogP contribution in [0.25, 0.3) is 0 Å². The smallest absolute Gasteiger partial charge is 0.205 e. The van der Waals surface area contributed by atoms with Gasteiger partial charge in [0.25, 0.3) is 0 Å². The Bertz CT molecular complexity index is 478. The van der Waals surface area contributed by atoms with Crippen LogP contribution in [-0.4, -0.2) is 29.7 Å². The van der Waals surface area contributed by atoms with Crippen LogP contribution in [0, 0.1) is 35.1 Å². The Morgan fingerprint density at radius 3 is 2.54 bits per heavy atom. The molecule has 1 aliphatic carbocycles. The summed E-state index contributed by atoms with van der Waals surface area (Å²) >= 11 is 0. The van der Waals surface area contributed by atoms with Crippen molar-refractivity contribution in [3.63, 3.8) is 0 Å². The number of nitrogens with zero attached hydrogens (tertiary/aromatic N) is 3. The molecule has 3 unspecified atom stereocenters. The molecule has 1 fully saturated rings. The lowest BCUT2D eigenvalue weighted by Crippen LogP contribution is -2.43. The van der Waals surface area contributed by atoms with Crippen molar-refractivity contribution in [3.8, 4) is 6.19 Å². The standard InChI is InChI=1S/C21H35N3/c1-5-18-7-6-8-20(21(18)23-15-22)19-11-13-24(14-12-19)17(4)10-9-16(2)3/h6,8,16-20H,5,7,9-14H2,1-4H3. The lowest BCUT2D eigenvalue weighted by molar-refractivity contribution is 0.124. The quantitative estimate of drug-likeness (QED) is 0.505. The fourth-order valence-electron chi connectivity index (χ4n) is 4.36. The van der Waals surface area contributed by atoms with Crippen LogP contribution in [0.5, 0.6) is 0 Å². The van der Waals surface area contributed by atoms with Crippen LogP contribution in [0.3, 0.4) is 0 Å². The van der Waals surface area contributed by atoms with E-state index in [0.29, 0.717) is 23.8 Å². The number of piperidine rings is 1. The van der Waals surface area contributed by atoms with E-state index in [1.807, 2.05) is 0 Å². The Morgan fingerprint density at radius 2 is 1.96 bits per heavy atom. The molecule has 2 rings (SSSR count). The van der Waals surface area contributed by atoms with Gasteiger partial charge in [-0.05, 0) is 70.4 Å². The second kappa shape index (κ2) is 9.37. The van der Waals surface area contributed by atoms with Crippen LogP contribution in [0.15, 0.2) is 17.1 Å². The highest BCUT2D eigenvalue weighted by Gasteiger charge is 2.33. The number of likely N-dealkylation sites (tertiary alicyclic amines) is 1. The molecule has 1 aliphatic heterocycles. The largest absolute Gasteiger partial charge is 0.301 e. The number of aliphatic imine (C=N–C) groups is 1. The molecule has 3 nitrogen and oxygen atoms in total. The van der Waals surface area contributed by atoms with E-state index < -0.39 is 0 Å². The third-order valence-corrected chi connectivity index (χ3v) is 6.06. The summed E-state index contributed by atoms with van der Waals surface area (Å²) in [4.78, 5) is 6.92. The first-order chi connectivity index (χ1) is 11.6. The van der Waals surface area contributed by atoms with Crippen molar-refractivity contribution in [3.05, 3.63) is 12.2 Å². The maximum absolute atomic E-state index is 9.10. The average Bonchev–Trinajstić information content (AvgIpc) is 2.60. The zero-order chi connectivity index (χ0) is 17.5. The van der Waals surface area contributed by atoms with Gasteiger partial charge in [-0.3, -0.25) is 0 Å². The minimum absolute atomic E-state index is 0.400. The number of hydrogen-bond donors (Lipinski definition) is 0. The normalized spacial score (nSPS) is 29.1.